The molecule has 120 valence electrons. The number of rotatable bonds is 0. The fourth-order valence-electron chi connectivity index (χ4n) is 4.24. The highest BCUT2D eigenvalue weighted by Crippen LogP contribution is 2.55. The predicted octanol–water partition coefficient (Wildman–Crippen LogP) is 4.37. The Hall–Kier alpha value is -2.52. The molecule has 3 aromatic rings. The van der Waals surface area contributed by atoms with E-state index >= 15 is 0 Å². The fraction of sp³-hybridized carbons (Fsp3) is 0.182. The molecule has 2 radical (unpaired) electrons. The van der Waals surface area contributed by atoms with Gasteiger partial charge in [-0.3, -0.25) is 0 Å². The summed E-state index contributed by atoms with van der Waals surface area (Å²) in [5, 5.41) is 13.4. The highest BCUT2D eigenvalue weighted by Gasteiger charge is 2.42. The van der Waals surface area contributed by atoms with E-state index in [9.17, 15) is 5.11 Å². The lowest BCUT2D eigenvalue weighted by Crippen LogP contribution is -2.32. The minimum atomic E-state index is -1.04. The molecule has 0 bridgehead atoms. The highest BCUT2D eigenvalue weighted by atomic mass is 16.5. The van der Waals surface area contributed by atoms with E-state index < -0.39 is 11.1 Å². The number of fused-ring (bicyclic) bond motifs is 8. The molecule has 3 aromatic carbocycles. The van der Waals surface area contributed by atoms with Crippen LogP contribution in [0.5, 0.6) is 5.75 Å². The van der Waals surface area contributed by atoms with E-state index in [2.05, 4.69) is 6.07 Å². The van der Waals surface area contributed by atoms with Gasteiger partial charge >= 0.3 is 0 Å². The monoisotopic (exact) mass is 324 g/mol. The van der Waals surface area contributed by atoms with Gasteiger partial charge < -0.3 is 9.84 Å². The first-order valence-corrected chi connectivity index (χ1v) is 8.49. The van der Waals surface area contributed by atoms with Gasteiger partial charge in [-0.15, -0.1) is 0 Å². The zero-order valence-corrected chi connectivity index (χ0v) is 14.2. The highest BCUT2D eigenvalue weighted by molar-refractivity contribution is 6.17. The van der Waals surface area contributed by atoms with Gasteiger partial charge in [0.05, 0.1) is 5.50 Å². The van der Waals surface area contributed by atoms with E-state index in [0.29, 0.717) is 0 Å². The third kappa shape index (κ3) is 1.85. The molecule has 3 heteroatoms. The number of hydrogen-bond donors (Lipinski definition) is 1. The van der Waals surface area contributed by atoms with Crippen molar-refractivity contribution in [2.45, 2.75) is 24.9 Å². The lowest BCUT2D eigenvalue weighted by Gasteiger charge is -2.32. The molecule has 0 spiro atoms. The number of benzene rings is 3. The van der Waals surface area contributed by atoms with Gasteiger partial charge in [0.2, 0.25) is 0 Å². The minimum Gasteiger partial charge on any atom is -0.492 e. The van der Waals surface area contributed by atoms with Crippen LogP contribution >= 0.6 is 0 Å². The fourth-order valence-corrected chi connectivity index (χ4v) is 4.24. The molecule has 2 nitrogen and oxygen atoms in total. The van der Waals surface area contributed by atoms with Crippen LogP contribution in [-0.2, 0) is 5.60 Å². The van der Waals surface area contributed by atoms with Crippen molar-refractivity contribution < 1.29 is 9.84 Å². The Bertz CT molecular complexity index is 1080. The molecule has 1 heterocycles. The number of aliphatic hydroxyl groups is 1. The molecule has 0 aromatic heterocycles. The molecule has 2 atom stereocenters. The maximum atomic E-state index is 11.4. The van der Waals surface area contributed by atoms with Crippen molar-refractivity contribution in [2.24, 2.45) is 0 Å². The summed E-state index contributed by atoms with van der Waals surface area (Å²) >= 11 is 0. The average molecular weight is 324 g/mol. The Morgan fingerprint density at radius 1 is 0.960 bits per heavy atom. The molecule has 1 aliphatic carbocycles. The first kappa shape index (κ1) is 14.8. The maximum Gasteiger partial charge on any atom is 0.137 e. The van der Waals surface area contributed by atoms with Crippen LogP contribution in [0, 0.1) is 0 Å². The molecular formula is C22H17BO2. The summed E-state index contributed by atoms with van der Waals surface area (Å²) in [6, 6.07) is 16.1. The third-order valence-electron chi connectivity index (χ3n) is 5.32. The van der Waals surface area contributed by atoms with Crippen LogP contribution in [0.2, 0.25) is 0 Å². The SMILES string of the molecule is [B]C1(C)C=Cc2c3c(c4ccccc4c2O1)C(C)(O)c1ccccc1-3. The summed E-state index contributed by atoms with van der Waals surface area (Å²) in [5.74, 6) is 0.786. The summed E-state index contributed by atoms with van der Waals surface area (Å²) < 4.78 is 6.15. The van der Waals surface area contributed by atoms with E-state index in [1.807, 2.05) is 68.5 Å². The Kier molecular flexibility index (Phi) is 2.70. The largest absolute Gasteiger partial charge is 0.492 e. The van der Waals surface area contributed by atoms with Gasteiger partial charge in [0.25, 0.3) is 0 Å². The lowest BCUT2D eigenvalue weighted by molar-refractivity contribution is 0.109. The molecule has 0 fully saturated rings. The Labute approximate surface area is 148 Å². The van der Waals surface area contributed by atoms with Crippen LogP contribution < -0.4 is 4.74 Å². The Morgan fingerprint density at radius 2 is 1.64 bits per heavy atom. The summed E-state index contributed by atoms with van der Waals surface area (Å²) in [6.45, 7) is 3.72. The van der Waals surface area contributed by atoms with E-state index in [0.717, 1.165) is 44.3 Å². The molecular weight excluding hydrogens is 307 g/mol. The van der Waals surface area contributed by atoms with Crippen molar-refractivity contribution in [3.05, 3.63) is 71.3 Å². The third-order valence-corrected chi connectivity index (χ3v) is 5.32. The second-order valence-electron chi connectivity index (χ2n) is 7.28. The van der Waals surface area contributed by atoms with Crippen molar-refractivity contribution >= 4 is 24.7 Å². The van der Waals surface area contributed by atoms with Crippen LogP contribution in [0.3, 0.4) is 0 Å². The van der Waals surface area contributed by atoms with Crippen LogP contribution in [-0.4, -0.2) is 18.5 Å². The Morgan fingerprint density at radius 3 is 2.44 bits per heavy atom. The van der Waals surface area contributed by atoms with Crippen LogP contribution in [0.1, 0.15) is 30.5 Å². The van der Waals surface area contributed by atoms with E-state index in [1.54, 1.807) is 0 Å². The molecule has 5 rings (SSSR count). The minimum absolute atomic E-state index is 0.786. The summed E-state index contributed by atoms with van der Waals surface area (Å²) in [5.41, 5.74) is 3.07. The molecule has 0 saturated carbocycles. The first-order chi connectivity index (χ1) is 11.9. The molecule has 1 aliphatic heterocycles. The zero-order valence-electron chi connectivity index (χ0n) is 14.2. The normalized spacial score (nSPS) is 26.0. The van der Waals surface area contributed by atoms with Crippen LogP contribution in [0.15, 0.2) is 54.6 Å². The second kappa shape index (κ2) is 4.56. The van der Waals surface area contributed by atoms with Gasteiger partial charge in [-0.25, -0.2) is 0 Å². The first-order valence-electron chi connectivity index (χ1n) is 8.49. The Balaban J connectivity index is 2.01. The quantitative estimate of drug-likeness (QED) is 0.622. The molecule has 0 amide bonds. The molecule has 1 N–H and O–H groups in total. The second-order valence-corrected chi connectivity index (χ2v) is 7.28. The van der Waals surface area contributed by atoms with Crippen molar-refractivity contribution in [1.29, 1.82) is 0 Å². The van der Waals surface area contributed by atoms with E-state index in [4.69, 9.17) is 12.6 Å². The molecule has 0 saturated heterocycles. The van der Waals surface area contributed by atoms with Gasteiger partial charge in [0.1, 0.15) is 19.2 Å². The van der Waals surface area contributed by atoms with Gasteiger partial charge in [-0.2, -0.15) is 0 Å². The van der Waals surface area contributed by atoms with Gasteiger partial charge in [-0.05, 0) is 30.4 Å². The standard InChI is InChI=1S/C22H17BO2/c1-21(23)12-11-16-18-15-9-5-6-10-17(15)22(2,24)19(18)13-7-3-4-8-14(13)20(16)25-21/h3-12,24H,1-2H3. The zero-order chi connectivity index (χ0) is 17.4. The van der Waals surface area contributed by atoms with Crippen molar-refractivity contribution in [3.8, 4) is 16.9 Å². The van der Waals surface area contributed by atoms with Gasteiger partial charge in [-0.1, -0.05) is 60.7 Å². The molecule has 2 aliphatic rings. The number of ether oxygens (including phenoxy) is 1. The predicted molar refractivity (Wildman–Crippen MR) is 102 cm³/mol. The van der Waals surface area contributed by atoms with Gasteiger partial charge in [0.15, 0.2) is 0 Å². The summed E-state index contributed by atoms with van der Waals surface area (Å²) in [7, 11) is 6.22. The molecule has 25 heavy (non-hydrogen) atoms. The summed E-state index contributed by atoms with van der Waals surface area (Å²) in [4.78, 5) is 0. The average Bonchev–Trinajstić information content (AvgIpc) is 2.83. The van der Waals surface area contributed by atoms with Gasteiger partial charge in [0, 0.05) is 22.1 Å². The molecule has 2 unspecified atom stereocenters. The van der Waals surface area contributed by atoms with E-state index in [1.165, 1.54) is 0 Å². The van der Waals surface area contributed by atoms with Crippen molar-refractivity contribution in [3.63, 3.8) is 0 Å². The number of hydrogen-bond acceptors (Lipinski definition) is 2. The smallest absolute Gasteiger partial charge is 0.137 e. The maximum absolute atomic E-state index is 11.4. The van der Waals surface area contributed by atoms with Crippen molar-refractivity contribution in [2.75, 3.05) is 0 Å². The topological polar surface area (TPSA) is 29.5 Å². The van der Waals surface area contributed by atoms with E-state index in [-0.39, 0.29) is 0 Å². The summed E-state index contributed by atoms with van der Waals surface area (Å²) in [6.07, 6.45) is 3.91. The lowest BCUT2D eigenvalue weighted by atomic mass is 9.79. The van der Waals surface area contributed by atoms with Crippen LogP contribution in [0.4, 0.5) is 0 Å². The van der Waals surface area contributed by atoms with Crippen molar-refractivity contribution in [1.82, 2.24) is 0 Å². The van der Waals surface area contributed by atoms with Crippen LogP contribution in [0.25, 0.3) is 28.0 Å².